The molecule has 20 heavy (non-hydrogen) atoms. The quantitative estimate of drug-likeness (QED) is 0.858. The number of carbonyl (C=O) groups excluding carboxylic acids is 1. The van der Waals surface area contributed by atoms with E-state index >= 15 is 0 Å². The minimum atomic E-state index is 0.00109. The van der Waals surface area contributed by atoms with Crippen LogP contribution in [-0.4, -0.2) is 24.4 Å². The third kappa shape index (κ3) is 2.83. The monoisotopic (exact) mass is 270 g/mol. The van der Waals surface area contributed by atoms with Gasteiger partial charge >= 0.3 is 0 Å². The van der Waals surface area contributed by atoms with E-state index < -0.39 is 0 Å². The second kappa shape index (κ2) is 5.79. The van der Waals surface area contributed by atoms with E-state index in [4.69, 9.17) is 9.68 Å². The zero-order valence-corrected chi connectivity index (χ0v) is 12.1. The van der Waals surface area contributed by atoms with Gasteiger partial charge in [-0.05, 0) is 37.1 Å². The second-order valence-electron chi connectivity index (χ2n) is 5.09. The van der Waals surface area contributed by atoms with Crippen LogP contribution >= 0.6 is 0 Å². The molecule has 0 N–H and O–H groups in total. The Labute approximate surface area is 118 Å². The van der Waals surface area contributed by atoms with Crippen molar-refractivity contribution in [2.45, 2.75) is 26.7 Å². The van der Waals surface area contributed by atoms with Gasteiger partial charge in [0.2, 0.25) is 5.91 Å². The lowest BCUT2D eigenvalue weighted by Crippen LogP contribution is -2.28. The number of amides is 1. The van der Waals surface area contributed by atoms with Crippen LogP contribution in [0.1, 0.15) is 23.1 Å². The molecule has 4 nitrogen and oxygen atoms in total. The van der Waals surface area contributed by atoms with Crippen molar-refractivity contribution in [3.8, 4) is 6.07 Å². The molecule has 0 aliphatic heterocycles. The van der Waals surface area contributed by atoms with Gasteiger partial charge in [-0.2, -0.15) is 5.26 Å². The normalized spacial score (nSPS) is 10.5. The zero-order chi connectivity index (χ0) is 14.7. The smallest absolute Gasteiger partial charge is 0.226 e. The maximum absolute atomic E-state index is 12.1. The number of aryl methyl sites for hydroxylation is 2. The van der Waals surface area contributed by atoms with Gasteiger partial charge in [-0.3, -0.25) is 4.79 Å². The number of benzene rings is 1. The molecule has 2 rings (SSSR count). The van der Waals surface area contributed by atoms with E-state index in [1.54, 1.807) is 18.2 Å². The van der Waals surface area contributed by atoms with Crippen molar-refractivity contribution in [2.24, 2.45) is 0 Å². The fourth-order valence-electron chi connectivity index (χ4n) is 2.11. The van der Waals surface area contributed by atoms with Crippen LogP contribution in [0.4, 0.5) is 0 Å². The maximum Gasteiger partial charge on any atom is 0.226 e. The van der Waals surface area contributed by atoms with Crippen molar-refractivity contribution in [2.75, 3.05) is 13.6 Å². The van der Waals surface area contributed by atoms with Crippen LogP contribution in [-0.2, 0) is 11.2 Å². The van der Waals surface area contributed by atoms with E-state index in [-0.39, 0.29) is 5.91 Å². The van der Waals surface area contributed by atoms with Gasteiger partial charge in [-0.15, -0.1) is 0 Å². The molecule has 2 aromatic rings. The molecule has 0 fully saturated rings. The summed E-state index contributed by atoms with van der Waals surface area (Å²) >= 11 is 0. The van der Waals surface area contributed by atoms with E-state index in [1.807, 2.05) is 26.0 Å². The zero-order valence-electron chi connectivity index (χ0n) is 12.1. The lowest BCUT2D eigenvalue weighted by atomic mass is 10.0. The number of hydrogen-bond donors (Lipinski definition) is 0. The van der Waals surface area contributed by atoms with Gasteiger partial charge in [0, 0.05) is 24.5 Å². The third-order valence-electron chi connectivity index (χ3n) is 3.60. The molecule has 4 heteroatoms. The summed E-state index contributed by atoms with van der Waals surface area (Å²) in [6.07, 6.45) is 2.31. The van der Waals surface area contributed by atoms with Crippen molar-refractivity contribution in [1.82, 2.24) is 4.90 Å². The molecule has 0 bridgehead atoms. The predicted molar refractivity (Wildman–Crippen MR) is 77.3 cm³/mol. The minimum absolute atomic E-state index is 0.00109. The SMILES string of the molecule is Cc1cc2occ(CC(=O)N(C)CCC#N)c2cc1C. The number of carbonyl (C=O) groups is 1. The molecule has 0 aliphatic carbocycles. The van der Waals surface area contributed by atoms with Gasteiger partial charge in [-0.25, -0.2) is 0 Å². The van der Waals surface area contributed by atoms with Gasteiger partial charge in [0.05, 0.1) is 25.2 Å². The van der Waals surface area contributed by atoms with Crippen molar-refractivity contribution >= 4 is 16.9 Å². The molecule has 0 radical (unpaired) electrons. The second-order valence-corrected chi connectivity index (χ2v) is 5.09. The van der Waals surface area contributed by atoms with E-state index in [9.17, 15) is 4.79 Å². The molecule has 1 aromatic carbocycles. The Kier molecular flexibility index (Phi) is 4.09. The van der Waals surface area contributed by atoms with Crippen LogP contribution in [0.5, 0.6) is 0 Å². The summed E-state index contributed by atoms with van der Waals surface area (Å²) in [6.45, 7) is 4.55. The lowest BCUT2D eigenvalue weighted by Gasteiger charge is -2.14. The molecule has 0 saturated carbocycles. The summed E-state index contributed by atoms with van der Waals surface area (Å²) in [5.74, 6) is 0.00109. The molecule has 1 heterocycles. The standard InChI is InChI=1S/C16H18N2O2/c1-11-7-14-13(10-20-15(14)8-12(11)2)9-16(19)18(3)6-4-5-17/h7-8,10H,4,6,9H2,1-3H3. The Morgan fingerprint density at radius 2 is 2.05 bits per heavy atom. The topological polar surface area (TPSA) is 57.2 Å². The van der Waals surface area contributed by atoms with Crippen molar-refractivity contribution < 1.29 is 9.21 Å². The number of furan rings is 1. The molecule has 0 saturated heterocycles. The van der Waals surface area contributed by atoms with E-state index in [0.29, 0.717) is 19.4 Å². The first kappa shape index (κ1) is 14.1. The summed E-state index contributed by atoms with van der Waals surface area (Å²) in [5.41, 5.74) is 4.08. The number of rotatable bonds is 4. The Balaban J connectivity index is 2.20. The van der Waals surface area contributed by atoms with Crippen LogP contribution in [0, 0.1) is 25.2 Å². The summed E-state index contributed by atoms with van der Waals surface area (Å²) in [4.78, 5) is 13.7. The number of hydrogen-bond acceptors (Lipinski definition) is 3. The molecule has 0 atom stereocenters. The Morgan fingerprint density at radius 3 is 2.75 bits per heavy atom. The first-order valence-electron chi connectivity index (χ1n) is 6.61. The molecule has 1 amide bonds. The first-order chi connectivity index (χ1) is 9.52. The van der Waals surface area contributed by atoms with Gasteiger partial charge in [-0.1, -0.05) is 0 Å². The fourth-order valence-corrected chi connectivity index (χ4v) is 2.11. The Morgan fingerprint density at radius 1 is 1.35 bits per heavy atom. The first-order valence-corrected chi connectivity index (χ1v) is 6.61. The number of fused-ring (bicyclic) bond motifs is 1. The number of nitriles is 1. The molecule has 0 spiro atoms. The highest BCUT2D eigenvalue weighted by molar-refractivity contribution is 5.88. The van der Waals surface area contributed by atoms with E-state index in [2.05, 4.69) is 6.07 Å². The third-order valence-corrected chi connectivity index (χ3v) is 3.60. The predicted octanol–water partition coefficient (Wildman–Crippen LogP) is 2.96. The number of likely N-dealkylation sites (N-methyl/N-ethyl adjacent to an activating group) is 1. The van der Waals surface area contributed by atoms with Crippen LogP contribution < -0.4 is 0 Å². The largest absolute Gasteiger partial charge is 0.464 e. The molecular formula is C16H18N2O2. The van der Waals surface area contributed by atoms with Gasteiger partial charge in [0.15, 0.2) is 0 Å². The fraction of sp³-hybridized carbons (Fsp3) is 0.375. The highest BCUT2D eigenvalue weighted by Gasteiger charge is 2.14. The highest BCUT2D eigenvalue weighted by atomic mass is 16.3. The van der Waals surface area contributed by atoms with Crippen molar-refractivity contribution in [3.05, 3.63) is 35.1 Å². The van der Waals surface area contributed by atoms with Crippen molar-refractivity contribution in [3.63, 3.8) is 0 Å². The molecule has 0 aliphatic rings. The van der Waals surface area contributed by atoms with Crippen LogP contribution in [0.25, 0.3) is 11.0 Å². The molecule has 1 aromatic heterocycles. The van der Waals surface area contributed by atoms with Gasteiger partial charge in [0.1, 0.15) is 5.58 Å². The molecular weight excluding hydrogens is 252 g/mol. The average Bonchev–Trinajstić information content (AvgIpc) is 2.79. The Hall–Kier alpha value is -2.28. The maximum atomic E-state index is 12.1. The van der Waals surface area contributed by atoms with Crippen LogP contribution in [0.3, 0.4) is 0 Å². The minimum Gasteiger partial charge on any atom is -0.464 e. The summed E-state index contributed by atoms with van der Waals surface area (Å²) in [7, 11) is 1.72. The van der Waals surface area contributed by atoms with Crippen molar-refractivity contribution in [1.29, 1.82) is 5.26 Å². The van der Waals surface area contributed by atoms with Crippen LogP contribution in [0.15, 0.2) is 22.8 Å². The summed E-state index contributed by atoms with van der Waals surface area (Å²) < 4.78 is 5.52. The lowest BCUT2D eigenvalue weighted by molar-refractivity contribution is -0.129. The summed E-state index contributed by atoms with van der Waals surface area (Å²) in [6, 6.07) is 6.10. The highest BCUT2D eigenvalue weighted by Crippen LogP contribution is 2.25. The molecule has 104 valence electrons. The van der Waals surface area contributed by atoms with E-state index in [1.165, 1.54) is 11.1 Å². The van der Waals surface area contributed by atoms with E-state index in [0.717, 1.165) is 16.5 Å². The summed E-state index contributed by atoms with van der Waals surface area (Å²) in [5, 5.41) is 9.54. The average molecular weight is 270 g/mol. The Bertz CT molecular complexity index is 680. The van der Waals surface area contributed by atoms with Gasteiger partial charge < -0.3 is 9.32 Å². The van der Waals surface area contributed by atoms with Gasteiger partial charge in [0.25, 0.3) is 0 Å². The number of nitrogens with zero attached hydrogens (tertiary/aromatic N) is 2. The van der Waals surface area contributed by atoms with Crippen LogP contribution in [0.2, 0.25) is 0 Å². The molecule has 0 unspecified atom stereocenters.